The van der Waals surface area contributed by atoms with Crippen LogP contribution in [0.4, 0.5) is 0 Å². The van der Waals surface area contributed by atoms with Crippen LogP contribution >= 0.6 is 27.5 Å². The third kappa shape index (κ3) is 5.92. The third-order valence-corrected chi connectivity index (χ3v) is 6.20. The molecule has 0 aliphatic rings. The lowest BCUT2D eigenvalue weighted by atomic mass is 10.2. The highest BCUT2D eigenvalue weighted by atomic mass is 79.9. The molecule has 0 spiro atoms. The molecule has 180 valence electrons. The van der Waals surface area contributed by atoms with Crippen LogP contribution in [-0.2, 0) is 13.0 Å². The Morgan fingerprint density at radius 3 is 2.69 bits per heavy atom. The minimum absolute atomic E-state index is 0.223. The molecule has 0 atom stereocenters. The molecule has 0 radical (unpaired) electrons. The zero-order valence-electron chi connectivity index (χ0n) is 19.5. The number of hydrogen-bond acceptors (Lipinski definition) is 5. The summed E-state index contributed by atoms with van der Waals surface area (Å²) < 4.78 is 13.6. The first-order chi connectivity index (χ1) is 17.0. The molecule has 0 saturated carbocycles. The number of aryl methyl sites for hydroxylation is 1. The van der Waals surface area contributed by atoms with Gasteiger partial charge < -0.3 is 9.47 Å². The van der Waals surface area contributed by atoms with Crippen molar-refractivity contribution < 1.29 is 9.47 Å². The minimum atomic E-state index is -0.223. The van der Waals surface area contributed by atoms with Gasteiger partial charge in [0.05, 0.1) is 29.2 Å². The van der Waals surface area contributed by atoms with Gasteiger partial charge in [-0.05, 0) is 47.9 Å². The highest BCUT2D eigenvalue weighted by Crippen LogP contribution is 2.36. The van der Waals surface area contributed by atoms with E-state index >= 15 is 0 Å². The Morgan fingerprint density at radius 1 is 1.14 bits per heavy atom. The number of rotatable bonds is 9. The van der Waals surface area contributed by atoms with Crippen molar-refractivity contribution in [3.8, 4) is 11.5 Å². The molecule has 0 fully saturated rings. The summed E-state index contributed by atoms with van der Waals surface area (Å²) in [5.74, 6) is 1.55. The molecule has 0 N–H and O–H groups in total. The van der Waals surface area contributed by atoms with Crippen molar-refractivity contribution in [3.05, 3.63) is 97.5 Å². The van der Waals surface area contributed by atoms with Crippen molar-refractivity contribution in [2.24, 2.45) is 5.10 Å². The summed E-state index contributed by atoms with van der Waals surface area (Å²) in [4.78, 5) is 18.0. The second kappa shape index (κ2) is 11.5. The average molecular weight is 555 g/mol. The molecule has 0 amide bonds. The van der Waals surface area contributed by atoms with E-state index in [0.29, 0.717) is 51.8 Å². The van der Waals surface area contributed by atoms with E-state index in [1.165, 1.54) is 4.68 Å². The molecular formula is C27H25BrClN3O3. The lowest BCUT2D eigenvalue weighted by Gasteiger charge is -2.13. The molecule has 35 heavy (non-hydrogen) atoms. The number of halogens is 2. The highest BCUT2D eigenvalue weighted by molar-refractivity contribution is 9.10. The van der Waals surface area contributed by atoms with Crippen LogP contribution in [0.5, 0.6) is 11.5 Å². The predicted octanol–water partition coefficient (Wildman–Crippen LogP) is 6.62. The van der Waals surface area contributed by atoms with Gasteiger partial charge in [-0.2, -0.15) is 9.78 Å². The SMILES string of the molecule is CCCCc1nc2ccc(Br)cc2c(=O)n1N=Cc1cc(Cl)c(OCc2ccccc2)c(OC)c1. The average Bonchev–Trinajstić information content (AvgIpc) is 2.87. The topological polar surface area (TPSA) is 65.7 Å². The Kier molecular flexibility index (Phi) is 8.21. The lowest BCUT2D eigenvalue weighted by Crippen LogP contribution is -2.22. The summed E-state index contributed by atoms with van der Waals surface area (Å²) in [5, 5.41) is 5.38. The summed E-state index contributed by atoms with van der Waals surface area (Å²) >= 11 is 9.97. The van der Waals surface area contributed by atoms with Gasteiger partial charge in [0.2, 0.25) is 0 Å². The monoisotopic (exact) mass is 553 g/mol. The van der Waals surface area contributed by atoms with Crippen LogP contribution in [-0.4, -0.2) is 23.0 Å². The Balaban J connectivity index is 1.68. The predicted molar refractivity (Wildman–Crippen MR) is 144 cm³/mol. The summed E-state index contributed by atoms with van der Waals surface area (Å²) in [7, 11) is 1.56. The van der Waals surface area contributed by atoms with Crippen LogP contribution < -0.4 is 15.0 Å². The quantitative estimate of drug-likeness (QED) is 0.218. The van der Waals surface area contributed by atoms with Gasteiger partial charge >= 0.3 is 0 Å². The molecule has 0 unspecified atom stereocenters. The second-order valence-electron chi connectivity index (χ2n) is 7.96. The van der Waals surface area contributed by atoms with Crippen molar-refractivity contribution >= 4 is 44.6 Å². The van der Waals surface area contributed by atoms with Gasteiger partial charge in [-0.25, -0.2) is 4.98 Å². The number of ether oxygens (including phenoxy) is 2. The standard InChI is InChI=1S/C27H25BrClN3O3/c1-3-4-10-25-31-23-12-11-20(28)15-21(23)27(33)32(25)30-16-19-13-22(29)26(24(14-19)34-2)35-17-18-8-6-5-7-9-18/h5-9,11-16H,3-4,10,17H2,1-2H3. The van der Waals surface area contributed by atoms with E-state index in [1.807, 2.05) is 42.5 Å². The Bertz CT molecular complexity index is 1420. The molecule has 8 heteroatoms. The fourth-order valence-corrected chi connectivity index (χ4v) is 4.25. The Hall–Kier alpha value is -3.16. The van der Waals surface area contributed by atoms with Crippen LogP contribution in [0.25, 0.3) is 10.9 Å². The smallest absolute Gasteiger partial charge is 0.282 e. The number of fused-ring (bicyclic) bond motifs is 1. The van der Waals surface area contributed by atoms with E-state index in [-0.39, 0.29) is 5.56 Å². The molecule has 6 nitrogen and oxygen atoms in total. The van der Waals surface area contributed by atoms with Crippen LogP contribution in [0.15, 0.2) is 75.0 Å². The van der Waals surface area contributed by atoms with Crippen molar-refractivity contribution in [2.45, 2.75) is 32.8 Å². The number of benzene rings is 3. The first-order valence-corrected chi connectivity index (χ1v) is 12.5. The van der Waals surface area contributed by atoms with Gasteiger partial charge in [0, 0.05) is 10.9 Å². The van der Waals surface area contributed by atoms with Gasteiger partial charge in [0.15, 0.2) is 11.5 Å². The van der Waals surface area contributed by atoms with E-state index in [0.717, 1.165) is 22.9 Å². The fraction of sp³-hybridized carbons (Fsp3) is 0.222. The fourth-order valence-electron chi connectivity index (χ4n) is 3.62. The maximum Gasteiger partial charge on any atom is 0.282 e. The van der Waals surface area contributed by atoms with Crippen LogP contribution in [0, 0.1) is 0 Å². The maximum absolute atomic E-state index is 13.3. The van der Waals surface area contributed by atoms with Crippen LogP contribution in [0.1, 0.15) is 36.7 Å². The summed E-state index contributed by atoms with van der Waals surface area (Å²) in [6.07, 6.45) is 4.11. The zero-order valence-corrected chi connectivity index (χ0v) is 21.8. The van der Waals surface area contributed by atoms with Crippen molar-refractivity contribution in [1.82, 2.24) is 9.66 Å². The molecule has 0 aliphatic heterocycles. The van der Waals surface area contributed by atoms with Crippen molar-refractivity contribution in [2.75, 3.05) is 7.11 Å². The van der Waals surface area contributed by atoms with Gasteiger partial charge in [0.25, 0.3) is 5.56 Å². The Morgan fingerprint density at radius 2 is 1.94 bits per heavy atom. The number of methoxy groups -OCH3 is 1. The first-order valence-electron chi connectivity index (χ1n) is 11.3. The number of aromatic nitrogens is 2. The van der Waals surface area contributed by atoms with Gasteiger partial charge in [-0.3, -0.25) is 4.79 Å². The van der Waals surface area contributed by atoms with E-state index in [4.69, 9.17) is 26.1 Å². The summed E-state index contributed by atoms with van der Waals surface area (Å²) in [6, 6.07) is 18.8. The molecule has 1 heterocycles. The summed E-state index contributed by atoms with van der Waals surface area (Å²) in [6.45, 7) is 2.46. The van der Waals surface area contributed by atoms with Gasteiger partial charge in [-0.1, -0.05) is 71.2 Å². The van der Waals surface area contributed by atoms with Crippen LogP contribution in [0.3, 0.4) is 0 Å². The zero-order chi connectivity index (χ0) is 24.8. The van der Waals surface area contributed by atoms with Gasteiger partial charge in [-0.15, -0.1) is 0 Å². The third-order valence-electron chi connectivity index (χ3n) is 5.43. The van der Waals surface area contributed by atoms with Crippen molar-refractivity contribution in [3.63, 3.8) is 0 Å². The van der Waals surface area contributed by atoms with Gasteiger partial charge in [0.1, 0.15) is 12.4 Å². The van der Waals surface area contributed by atoms with E-state index < -0.39 is 0 Å². The number of hydrogen-bond donors (Lipinski definition) is 0. The second-order valence-corrected chi connectivity index (χ2v) is 9.29. The first kappa shape index (κ1) is 24.9. The number of nitrogens with zero attached hydrogens (tertiary/aromatic N) is 3. The van der Waals surface area contributed by atoms with E-state index in [1.54, 1.807) is 31.5 Å². The molecule has 1 aromatic heterocycles. The highest BCUT2D eigenvalue weighted by Gasteiger charge is 2.14. The molecule has 0 aliphatic carbocycles. The molecular weight excluding hydrogens is 530 g/mol. The van der Waals surface area contributed by atoms with Crippen molar-refractivity contribution in [1.29, 1.82) is 0 Å². The number of unbranched alkanes of at least 4 members (excludes halogenated alkanes) is 1. The van der Waals surface area contributed by atoms with E-state index in [9.17, 15) is 4.79 Å². The molecule has 0 bridgehead atoms. The molecule has 4 aromatic rings. The van der Waals surface area contributed by atoms with Crippen LogP contribution in [0.2, 0.25) is 5.02 Å². The molecule has 4 rings (SSSR count). The maximum atomic E-state index is 13.3. The summed E-state index contributed by atoms with van der Waals surface area (Å²) in [5.41, 5.74) is 2.12. The largest absolute Gasteiger partial charge is 0.493 e. The molecule has 3 aromatic carbocycles. The Labute approximate surface area is 217 Å². The lowest BCUT2D eigenvalue weighted by molar-refractivity contribution is 0.284. The minimum Gasteiger partial charge on any atom is -0.493 e. The molecule has 0 saturated heterocycles. The normalized spacial score (nSPS) is 11.3. The van der Waals surface area contributed by atoms with E-state index in [2.05, 4.69) is 28.0 Å².